The van der Waals surface area contributed by atoms with Crippen molar-refractivity contribution in [2.75, 3.05) is 39.3 Å². The second-order valence-electron chi connectivity index (χ2n) is 10.6. The minimum Gasteiger partial charge on any atom is -0.378 e. The van der Waals surface area contributed by atoms with Gasteiger partial charge in [0.05, 0.1) is 17.7 Å². The zero-order chi connectivity index (χ0) is 25.8. The fourth-order valence-corrected chi connectivity index (χ4v) is 5.44. The average Bonchev–Trinajstić information content (AvgIpc) is 3.34. The van der Waals surface area contributed by atoms with Gasteiger partial charge in [0.25, 0.3) is 5.91 Å². The van der Waals surface area contributed by atoms with E-state index in [4.69, 9.17) is 4.74 Å². The molecule has 11 heteroatoms. The maximum absolute atomic E-state index is 12.9. The molecule has 1 aromatic heterocycles. The van der Waals surface area contributed by atoms with Crippen LogP contribution in [-0.2, 0) is 19.1 Å². The molecule has 0 bridgehead atoms. The highest BCUT2D eigenvalue weighted by Crippen LogP contribution is 2.28. The number of likely N-dealkylation sites (tertiary alicyclic amines) is 2. The van der Waals surface area contributed by atoms with Crippen LogP contribution >= 0.6 is 11.3 Å². The Balaban J connectivity index is 1.13. The summed E-state index contributed by atoms with van der Waals surface area (Å²) in [6.45, 7) is 9.03. The lowest BCUT2D eigenvalue weighted by Gasteiger charge is -2.42. The largest absolute Gasteiger partial charge is 0.378 e. The summed E-state index contributed by atoms with van der Waals surface area (Å²) in [5.41, 5.74) is 2.13. The lowest BCUT2D eigenvalue weighted by Crippen LogP contribution is -2.62. The van der Waals surface area contributed by atoms with Crippen molar-refractivity contribution in [3.8, 4) is 0 Å². The van der Waals surface area contributed by atoms with E-state index in [1.54, 1.807) is 15.8 Å². The number of rotatable bonds is 9. The molecular weight excluding hydrogens is 482 g/mol. The SMILES string of the molecule is CC(C)C(=O)NC1CN(C(=O)C2CCOC(CC(C)C(=O)NCC3CN(C(=O)c4cscn4)C3)C2)C1. The van der Waals surface area contributed by atoms with Crippen LogP contribution in [0.5, 0.6) is 0 Å². The molecule has 3 atom stereocenters. The van der Waals surface area contributed by atoms with Gasteiger partial charge in [0.15, 0.2) is 0 Å². The van der Waals surface area contributed by atoms with Crippen LogP contribution < -0.4 is 10.6 Å². The molecule has 0 aromatic carbocycles. The topological polar surface area (TPSA) is 121 Å². The lowest BCUT2D eigenvalue weighted by atomic mass is 9.88. The summed E-state index contributed by atoms with van der Waals surface area (Å²) in [7, 11) is 0. The minimum atomic E-state index is -0.226. The molecule has 0 radical (unpaired) electrons. The number of thiazole rings is 1. The second-order valence-corrected chi connectivity index (χ2v) is 11.4. The standard InChI is InChI=1S/C25H37N5O5S/c1-15(2)22(31)28-19-11-30(12-19)24(33)18-4-5-35-20(7-18)6-16(3)23(32)26-8-17-9-29(10-17)25(34)21-13-36-14-27-21/h13-20H,4-12H2,1-3H3,(H,26,32)(H,28,31). The Labute approximate surface area is 216 Å². The normalized spacial score (nSPS) is 23.6. The van der Waals surface area contributed by atoms with Crippen LogP contribution in [0.15, 0.2) is 10.9 Å². The van der Waals surface area contributed by atoms with Gasteiger partial charge in [-0.2, -0.15) is 0 Å². The molecule has 0 spiro atoms. The summed E-state index contributed by atoms with van der Waals surface area (Å²) in [6.07, 6.45) is 1.75. The fourth-order valence-electron chi connectivity index (χ4n) is 4.91. The third-order valence-electron chi connectivity index (χ3n) is 7.31. The predicted octanol–water partition coefficient (Wildman–Crippen LogP) is 1.14. The molecule has 36 heavy (non-hydrogen) atoms. The Morgan fingerprint density at radius 2 is 1.86 bits per heavy atom. The van der Waals surface area contributed by atoms with Crippen LogP contribution in [0.2, 0.25) is 0 Å². The van der Waals surface area contributed by atoms with Gasteiger partial charge in [-0.15, -0.1) is 11.3 Å². The van der Waals surface area contributed by atoms with E-state index in [0.717, 1.165) is 0 Å². The van der Waals surface area contributed by atoms with E-state index in [9.17, 15) is 19.2 Å². The number of nitrogens with one attached hydrogen (secondary N) is 2. The molecule has 1 aromatic rings. The average molecular weight is 520 g/mol. The highest BCUT2D eigenvalue weighted by Gasteiger charge is 2.38. The number of amides is 4. The number of carbonyl (C=O) groups excluding carboxylic acids is 4. The van der Waals surface area contributed by atoms with E-state index in [1.165, 1.54) is 11.3 Å². The molecule has 3 aliphatic heterocycles. The number of aromatic nitrogens is 1. The van der Waals surface area contributed by atoms with Crippen LogP contribution in [0.4, 0.5) is 0 Å². The van der Waals surface area contributed by atoms with Crippen LogP contribution in [-0.4, -0.2) is 89.9 Å². The molecule has 4 heterocycles. The van der Waals surface area contributed by atoms with E-state index >= 15 is 0 Å². The molecule has 10 nitrogen and oxygen atoms in total. The van der Waals surface area contributed by atoms with Crippen molar-refractivity contribution < 1.29 is 23.9 Å². The van der Waals surface area contributed by atoms with E-state index < -0.39 is 0 Å². The van der Waals surface area contributed by atoms with Crippen molar-refractivity contribution in [2.45, 2.75) is 52.2 Å². The summed E-state index contributed by atoms with van der Waals surface area (Å²) >= 11 is 1.40. The van der Waals surface area contributed by atoms with Gasteiger partial charge in [0, 0.05) is 68.4 Å². The first kappa shape index (κ1) is 26.5. The van der Waals surface area contributed by atoms with Gasteiger partial charge in [-0.1, -0.05) is 20.8 Å². The van der Waals surface area contributed by atoms with E-state index in [2.05, 4.69) is 15.6 Å². The molecule has 198 valence electrons. The molecule has 4 amide bonds. The Kier molecular flexibility index (Phi) is 8.61. The summed E-state index contributed by atoms with van der Waals surface area (Å²) in [5.74, 6) is -0.0774. The number of carbonyl (C=O) groups is 4. The van der Waals surface area contributed by atoms with E-state index in [-0.39, 0.29) is 59.4 Å². The Morgan fingerprint density at radius 3 is 2.53 bits per heavy atom. The molecule has 4 rings (SSSR count). The van der Waals surface area contributed by atoms with Crippen molar-refractivity contribution in [2.24, 2.45) is 23.7 Å². The molecule has 0 aliphatic carbocycles. The number of hydrogen-bond donors (Lipinski definition) is 2. The number of hydrogen-bond acceptors (Lipinski definition) is 7. The third-order valence-corrected chi connectivity index (χ3v) is 7.89. The number of nitrogens with zero attached hydrogens (tertiary/aromatic N) is 3. The van der Waals surface area contributed by atoms with Crippen molar-refractivity contribution in [3.05, 3.63) is 16.6 Å². The molecule has 3 unspecified atom stereocenters. The molecule has 3 aliphatic rings. The zero-order valence-electron chi connectivity index (χ0n) is 21.3. The first-order chi connectivity index (χ1) is 17.2. The summed E-state index contributed by atoms with van der Waals surface area (Å²) in [4.78, 5) is 57.3. The fraction of sp³-hybridized carbons (Fsp3) is 0.720. The van der Waals surface area contributed by atoms with Gasteiger partial charge in [0.2, 0.25) is 17.7 Å². The molecule has 0 saturated carbocycles. The van der Waals surface area contributed by atoms with Gasteiger partial charge in [-0.25, -0.2) is 4.98 Å². The highest BCUT2D eigenvalue weighted by molar-refractivity contribution is 7.07. The zero-order valence-corrected chi connectivity index (χ0v) is 22.1. The maximum Gasteiger partial charge on any atom is 0.273 e. The van der Waals surface area contributed by atoms with Crippen molar-refractivity contribution in [1.29, 1.82) is 0 Å². The lowest BCUT2D eigenvalue weighted by molar-refractivity contribution is -0.147. The molecule has 3 saturated heterocycles. The Bertz CT molecular complexity index is 943. The second kappa shape index (κ2) is 11.7. The summed E-state index contributed by atoms with van der Waals surface area (Å²) in [5, 5.41) is 7.73. The number of ether oxygens (including phenoxy) is 1. The first-order valence-corrected chi connectivity index (χ1v) is 13.8. The summed E-state index contributed by atoms with van der Waals surface area (Å²) in [6, 6.07) is 0.0383. The van der Waals surface area contributed by atoms with Gasteiger partial charge in [-0.05, 0) is 19.3 Å². The van der Waals surface area contributed by atoms with Gasteiger partial charge < -0.3 is 25.2 Å². The van der Waals surface area contributed by atoms with Crippen LogP contribution in [0.3, 0.4) is 0 Å². The van der Waals surface area contributed by atoms with Gasteiger partial charge in [0.1, 0.15) is 5.69 Å². The molecule has 3 fully saturated rings. The van der Waals surface area contributed by atoms with E-state index in [1.807, 2.05) is 25.7 Å². The molecular formula is C25H37N5O5S. The van der Waals surface area contributed by atoms with Crippen molar-refractivity contribution in [3.63, 3.8) is 0 Å². The Hall–Kier alpha value is -2.53. The van der Waals surface area contributed by atoms with Crippen molar-refractivity contribution in [1.82, 2.24) is 25.4 Å². The Morgan fingerprint density at radius 1 is 1.11 bits per heavy atom. The summed E-state index contributed by atoms with van der Waals surface area (Å²) < 4.78 is 5.89. The van der Waals surface area contributed by atoms with Crippen LogP contribution in [0.25, 0.3) is 0 Å². The van der Waals surface area contributed by atoms with Gasteiger partial charge >= 0.3 is 0 Å². The third kappa shape index (κ3) is 6.42. The van der Waals surface area contributed by atoms with Crippen molar-refractivity contribution >= 4 is 35.0 Å². The van der Waals surface area contributed by atoms with Crippen LogP contribution in [0, 0.1) is 23.7 Å². The first-order valence-electron chi connectivity index (χ1n) is 12.9. The predicted molar refractivity (Wildman–Crippen MR) is 134 cm³/mol. The van der Waals surface area contributed by atoms with E-state index in [0.29, 0.717) is 64.3 Å². The quantitative estimate of drug-likeness (QED) is 0.505. The minimum absolute atomic E-state index is 0.0178. The monoisotopic (exact) mass is 519 g/mol. The highest BCUT2D eigenvalue weighted by atomic mass is 32.1. The molecule has 2 N–H and O–H groups in total. The van der Waals surface area contributed by atoms with Gasteiger partial charge in [-0.3, -0.25) is 19.2 Å². The smallest absolute Gasteiger partial charge is 0.273 e. The van der Waals surface area contributed by atoms with Crippen LogP contribution in [0.1, 0.15) is 50.5 Å². The maximum atomic E-state index is 12.9.